The summed E-state index contributed by atoms with van der Waals surface area (Å²) in [5.74, 6) is 2.49. The third-order valence-electron chi connectivity index (χ3n) is 6.69. The molecule has 2 rings (SSSR count). The second kappa shape index (κ2) is 10.7. The Balaban J connectivity index is 2.14. The van der Waals surface area contributed by atoms with Crippen LogP contribution in [0.3, 0.4) is 0 Å². The summed E-state index contributed by atoms with van der Waals surface area (Å²) in [6.07, 6.45) is 4.24. The van der Waals surface area contributed by atoms with E-state index in [0.717, 1.165) is 29.9 Å². The van der Waals surface area contributed by atoms with Gasteiger partial charge in [0, 0.05) is 25.7 Å². The van der Waals surface area contributed by atoms with Gasteiger partial charge < -0.3 is 18.9 Å². The van der Waals surface area contributed by atoms with Crippen molar-refractivity contribution in [3.05, 3.63) is 52.8 Å². The zero-order chi connectivity index (χ0) is 23.2. The highest BCUT2D eigenvalue weighted by atomic mass is 16.5. The lowest BCUT2D eigenvalue weighted by molar-refractivity contribution is -0.0408. The van der Waals surface area contributed by atoms with Gasteiger partial charge in [-0.15, -0.1) is 0 Å². The second-order valence-corrected chi connectivity index (χ2v) is 9.62. The number of rotatable bonds is 11. The van der Waals surface area contributed by atoms with Gasteiger partial charge in [-0.2, -0.15) is 0 Å². The molecule has 0 saturated carbocycles. The van der Waals surface area contributed by atoms with Crippen molar-refractivity contribution >= 4 is 0 Å². The average Bonchev–Trinajstić information content (AvgIpc) is 2.76. The Morgan fingerprint density at radius 3 is 2.13 bits per heavy atom. The van der Waals surface area contributed by atoms with Gasteiger partial charge in [0.15, 0.2) is 0 Å². The molecule has 4 heteroatoms. The van der Waals surface area contributed by atoms with Crippen molar-refractivity contribution in [2.45, 2.75) is 78.4 Å². The molecule has 0 spiro atoms. The molecule has 0 bridgehead atoms. The van der Waals surface area contributed by atoms with Gasteiger partial charge in [-0.3, -0.25) is 0 Å². The Labute approximate surface area is 189 Å². The first kappa shape index (κ1) is 25.5. The summed E-state index contributed by atoms with van der Waals surface area (Å²) in [7, 11) is 3.50. The number of hydrogen-bond donors (Lipinski definition) is 0. The van der Waals surface area contributed by atoms with Gasteiger partial charge >= 0.3 is 0 Å². The average molecular weight is 431 g/mol. The van der Waals surface area contributed by atoms with Gasteiger partial charge in [0.25, 0.3) is 0 Å². The molecule has 0 radical (unpaired) electrons. The molecule has 1 aliphatic carbocycles. The van der Waals surface area contributed by atoms with Crippen LogP contribution in [0.5, 0.6) is 5.75 Å². The van der Waals surface area contributed by atoms with Crippen LogP contribution < -0.4 is 4.74 Å². The summed E-state index contributed by atoms with van der Waals surface area (Å²) >= 11 is 0. The smallest absolute Gasteiger partial charge is 0.122 e. The van der Waals surface area contributed by atoms with E-state index in [0.29, 0.717) is 19.1 Å². The second-order valence-electron chi connectivity index (χ2n) is 9.62. The van der Waals surface area contributed by atoms with Crippen molar-refractivity contribution in [2.75, 3.05) is 27.4 Å². The third-order valence-corrected chi connectivity index (χ3v) is 6.69. The van der Waals surface area contributed by atoms with Crippen LogP contribution in [0.25, 0.3) is 0 Å². The Morgan fingerprint density at radius 2 is 1.58 bits per heavy atom. The largest absolute Gasteiger partial charge is 0.494 e. The predicted octanol–water partition coefficient (Wildman–Crippen LogP) is 6.67. The zero-order valence-electron chi connectivity index (χ0n) is 21.0. The molecule has 1 aliphatic rings. The monoisotopic (exact) mass is 430 g/mol. The van der Waals surface area contributed by atoms with E-state index in [4.69, 9.17) is 18.9 Å². The molecule has 174 valence electrons. The molecule has 1 aromatic rings. The highest BCUT2D eigenvalue weighted by molar-refractivity contribution is 5.39. The quantitative estimate of drug-likeness (QED) is 0.368. The maximum absolute atomic E-state index is 6.38. The molecule has 0 heterocycles. The first-order valence-electron chi connectivity index (χ1n) is 11.4. The molecule has 0 N–H and O–H groups in total. The van der Waals surface area contributed by atoms with E-state index in [1.807, 2.05) is 12.1 Å². The number of ether oxygens (including phenoxy) is 4. The van der Waals surface area contributed by atoms with Crippen LogP contribution >= 0.6 is 0 Å². The van der Waals surface area contributed by atoms with Crippen LogP contribution in [-0.2, 0) is 14.2 Å². The van der Waals surface area contributed by atoms with Crippen molar-refractivity contribution < 1.29 is 18.9 Å². The third kappa shape index (κ3) is 6.36. The van der Waals surface area contributed by atoms with Gasteiger partial charge in [0.05, 0.1) is 11.2 Å². The molecule has 0 saturated heterocycles. The Kier molecular flexibility index (Phi) is 8.79. The van der Waals surface area contributed by atoms with E-state index >= 15 is 0 Å². The highest BCUT2D eigenvalue weighted by Crippen LogP contribution is 2.42. The summed E-state index contributed by atoms with van der Waals surface area (Å²) in [4.78, 5) is 0. The lowest BCUT2D eigenvalue weighted by Crippen LogP contribution is -2.40. The van der Waals surface area contributed by atoms with Crippen molar-refractivity contribution in [1.29, 1.82) is 0 Å². The molecule has 31 heavy (non-hydrogen) atoms. The maximum Gasteiger partial charge on any atom is 0.122 e. The topological polar surface area (TPSA) is 36.9 Å². The van der Waals surface area contributed by atoms with Crippen LogP contribution in [0.4, 0.5) is 0 Å². The Bertz CT molecular complexity index is 771. The van der Waals surface area contributed by atoms with Crippen LogP contribution in [0.15, 0.2) is 47.2 Å². The van der Waals surface area contributed by atoms with E-state index in [-0.39, 0.29) is 11.5 Å². The molecule has 0 amide bonds. The van der Waals surface area contributed by atoms with Crippen LogP contribution in [0, 0.1) is 5.92 Å². The fourth-order valence-corrected chi connectivity index (χ4v) is 3.88. The summed E-state index contributed by atoms with van der Waals surface area (Å²) < 4.78 is 24.0. The maximum atomic E-state index is 6.38. The fraction of sp³-hybridized carbons (Fsp3) is 0.630. The van der Waals surface area contributed by atoms with Crippen LogP contribution in [-0.4, -0.2) is 38.6 Å². The summed E-state index contributed by atoms with van der Waals surface area (Å²) in [6, 6.07) is 8.39. The summed E-state index contributed by atoms with van der Waals surface area (Å²) in [6.45, 7) is 16.0. The minimum absolute atomic E-state index is 0.113. The van der Waals surface area contributed by atoms with Crippen molar-refractivity contribution in [1.82, 2.24) is 0 Å². The van der Waals surface area contributed by atoms with Crippen LogP contribution in [0.1, 0.15) is 72.8 Å². The number of hydrogen-bond acceptors (Lipinski definition) is 4. The van der Waals surface area contributed by atoms with Crippen molar-refractivity contribution in [3.8, 4) is 5.75 Å². The molecule has 2 atom stereocenters. The number of benzene rings is 1. The van der Waals surface area contributed by atoms with E-state index in [9.17, 15) is 0 Å². The van der Waals surface area contributed by atoms with Gasteiger partial charge in [-0.1, -0.05) is 37.6 Å². The molecule has 0 aromatic heterocycles. The fourth-order valence-electron chi connectivity index (χ4n) is 3.88. The Hall–Kier alpha value is -1.78. The zero-order valence-corrected chi connectivity index (χ0v) is 21.0. The van der Waals surface area contributed by atoms with Gasteiger partial charge in [0.2, 0.25) is 0 Å². The van der Waals surface area contributed by atoms with Crippen molar-refractivity contribution in [3.63, 3.8) is 0 Å². The summed E-state index contributed by atoms with van der Waals surface area (Å²) in [5.41, 5.74) is 2.92. The molecule has 1 aromatic carbocycles. The molecule has 4 nitrogen and oxygen atoms in total. The van der Waals surface area contributed by atoms with Gasteiger partial charge in [-0.05, 0) is 71.1 Å². The van der Waals surface area contributed by atoms with E-state index in [2.05, 4.69) is 66.7 Å². The lowest BCUT2D eigenvalue weighted by atomic mass is 9.76. The molecular formula is C27H42O4. The molecule has 0 fully saturated rings. The van der Waals surface area contributed by atoms with E-state index < -0.39 is 5.60 Å². The Morgan fingerprint density at radius 1 is 0.968 bits per heavy atom. The van der Waals surface area contributed by atoms with E-state index in [1.54, 1.807) is 14.2 Å². The normalized spacial score (nSPS) is 18.6. The molecular weight excluding hydrogens is 388 g/mol. The minimum atomic E-state index is -0.453. The van der Waals surface area contributed by atoms with Crippen molar-refractivity contribution in [2.24, 2.45) is 5.92 Å². The minimum Gasteiger partial charge on any atom is -0.494 e. The van der Waals surface area contributed by atoms with Gasteiger partial charge in [0.1, 0.15) is 24.7 Å². The van der Waals surface area contributed by atoms with Crippen LogP contribution in [0.2, 0.25) is 0 Å². The summed E-state index contributed by atoms with van der Waals surface area (Å²) in [5, 5.41) is 0. The predicted molar refractivity (Wildman–Crippen MR) is 128 cm³/mol. The van der Waals surface area contributed by atoms with E-state index in [1.165, 1.54) is 11.1 Å². The number of allylic oxidation sites excluding steroid dienone is 1. The number of methoxy groups -OCH3 is 2. The highest BCUT2D eigenvalue weighted by Gasteiger charge is 2.40. The van der Waals surface area contributed by atoms with Gasteiger partial charge in [-0.25, -0.2) is 0 Å². The lowest BCUT2D eigenvalue weighted by Gasteiger charge is -2.40. The molecule has 0 aliphatic heterocycles. The first-order chi connectivity index (χ1) is 14.6. The SMILES string of the molecule is CCC(C)c1ccc(OCCOC2=C(C(C)(C)OC)C=C(C)CC2C(C)(C)OC)cc1. The first-order valence-corrected chi connectivity index (χ1v) is 11.4. The standard InChI is InChI=1S/C27H42O4/c1-10-20(3)21-11-13-22(14-12-21)30-15-16-31-25-23(26(4,5)28-8)17-19(2)18-24(25)27(6,7)29-9/h11-14,17,20,24H,10,15-16,18H2,1-9H3. The molecule has 2 unspecified atom stereocenters.